The number of nitrogens with zero attached hydrogens (tertiary/aromatic N) is 1. The van der Waals surface area contributed by atoms with E-state index in [9.17, 15) is 19.4 Å². The van der Waals surface area contributed by atoms with Crippen LogP contribution in [-0.4, -0.2) is 11.0 Å². The number of hydrogen-bond donors (Lipinski definition) is 2. The number of nitrogens with one attached hydrogen (secondary N) is 1. The van der Waals surface area contributed by atoms with Crippen LogP contribution in [0.1, 0.15) is 13.8 Å². The van der Waals surface area contributed by atoms with Crippen molar-refractivity contribution in [1.29, 1.82) is 0 Å². The lowest BCUT2D eigenvalue weighted by Gasteiger charge is -2.40. The van der Waals surface area contributed by atoms with Crippen LogP contribution in [0.4, 0.5) is 30.9 Å². The highest BCUT2D eigenvalue weighted by Gasteiger charge is 2.65. The van der Waals surface area contributed by atoms with Gasteiger partial charge in [0.05, 0.1) is 11.9 Å². The molecule has 1 aromatic rings. The normalized spacial score (nSPS) is 16.5. The number of pyridine rings is 1. The lowest BCUT2D eigenvalue weighted by Crippen LogP contribution is -2.14. The van der Waals surface area contributed by atoms with Crippen molar-refractivity contribution < 1.29 is 19.4 Å². The van der Waals surface area contributed by atoms with Crippen LogP contribution in [0.5, 0.6) is 0 Å². The molecular weight excluding hydrogens is 265 g/mol. The van der Waals surface area contributed by atoms with Gasteiger partial charge in [-0.05, 0) is 19.9 Å². The summed E-state index contributed by atoms with van der Waals surface area (Å²) in [5, 5.41) is 2.64. The molecule has 0 saturated heterocycles. The van der Waals surface area contributed by atoms with Gasteiger partial charge in [-0.15, -0.1) is 0 Å². The molecule has 0 amide bonds. The summed E-state index contributed by atoms with van der Waals surface area (Å²) in [7, 11) is -9.70. The Hall–Kier alpha value is -1.25. The number of nitrogens with two attached hydrogens (primary N) is 1. The second kappa shape index (κ2) is 3.15. The molecule has 100 valence electrons. The van der Waals surface area contributed by atoms with E-state index in [-0.39, 0.29) is 24.1 Å². The predicted molar refractivity (Wildman–Crippen MR) is 58.8 cm³/mol. The fraction of sp³-hybridized carbons (Fsp3) is 0.375. The summed E-state index contributed by atoms with van der Waals surface area (Å²) in [5.74, 6) is -0.0504. The van der Waals surface area contributed by atoms with Crippen LogP contribution in [0.25, 0.3) is 0 Å². The zero-order valence-corrected chi connectivity index (χ0v) is 9.87. The number of hydrogen-bond acceptors (Lipinski definition) is 3. The van der Waals surface area contributed by atoms with Crippen molar-refractivity contribution in [2.75, 3.05) is 11.1 Å². The zero-order valence-electron chi connectivity index (χ0n) is 9.05. The molecule has 1 rings (SSSR count). The highest BCUT2D eigenvalue weighted by atomic mass is 32.5. The third-order valence-electron chi connectivity index (χ3n) is 1.76. The van der Waals surface area contributed by atoms with Crippen LogP contribution >= 0.6 is 10.2 Å². The molecule has 0 atom stereocenters. The third kappa shape index (κ3) is 3.62. The van der Waals surface area contributed by atoms with Crippen LogP contribution in [0, 0.1) is 0 Å². The van der Waals surface area contributed by atoms with Crippen molar-refractivity contribution in [2.24, 2.45) is 0 Å². The predicted octanol–water partition coefficient (Wildman–Crippen LogP) is 4.14. The van der Waals surface area contributed by atoms with Crippen LogP contribution < -0.4 is 11.1 Å². The van der Waals surface area contributed by atoms with E-state index in [0.717, 1.165) is 0 Å². The summed E-state index contributed by atoms with van der Waals surface area (Å²) in [5.41, 5.74) is 4.78. The SMILES string of the molecule is CC(C)Nc1ncc(S(F)(F)(F)(F)F)cc1N. The second-order valence-electron chi connectivity index (χ2n) is 3.88. The summed E-state index contributed by atoms with van der Waals surface area (Å²) in [6.45, 7) is 3.42. The Kier molecular flexibility index (Phi) is 2.56. The minimum atomic E-state index is -9.70. The summed E-state index contributed by atoms with van der Waals surface area (Å²) in [4.78, 5) is 1.18. The van der Waals surface area contributed by atoms with Crippen molar-refractivity contribution in [3.05, 3.63) is 12.3 Å². The molecule has 0 aliphatic rings. The molecule has 0 saturated carbocycles. The van der Waals surface area contributed by atoms with Crippen molar-refractivity contribution in [3.63, 3.8) is 0 Å². The molecule has 1 heterocycles. The van der Waals surface area contributed by atoms with E-state index in [1.54, 1.807) is 13.8 Å². The summed E-state index contributed by atoms with van der Waals surface area (Å²) >= 11 is 0. The maximum absolute atomic E-state index is 12.4. The maximum Gasteiger partial charge on any atom is 0.311 e. The van der Waals surface area contributed by atoms with Crippen LogP contribution in [0.3, 0.4) is 0 Å². The number of anilines is 2. The average molecular weight is 277 g/mol. The van der Waals surface area contributed by atoms with Crippen LogP contribution in [-0.2, 0) is 0 Å². The molecule has 0 bridgehead atoms. The molecule has 0 aliphatic carbocycles. The molecular formula is C8H12F5N3S. The van der Waals surface area contributed by atoms with Crippen molar-refractivity contribution in [2.45, 2.75) is 24.8 Å². The van der Waals surface area contributed by atoms with E-state index in [1.807, 2.05) is 0 Å². The lowest BCUT2D eigenvalue weighted by atomic mass is 10.3. The number of halogens is 5. The van der Waals surface area contributed by atoms with E-state index in [0.29, 0.717) is 0 Å². The van der Waals surface area contributed by atoms with Gasteiger partial charge in [0.15, 0.2) is 0 Å². The van der Waals surface area contributed by atoms with Gasteiger partial charge in [0.2, 0.25) is 0 Å². The minimum Gasteiger partial charge on any atom is -0.396 e. The van der Waals surface area contributed by atoms with Gasteiger partial charge in [0.1, 0.15) is 10.7 Å². The Balaban J connectivity index is 3.24. The fourth-order valence-electron chi connectivity index (χ4n) is 1.07. The van der Waals surface area contributed by atoms with E-state index in [4.69, 9.17) is 5.73 Å². The Bertz CT molecular complexity index is 441. The first kappa shape index (κ1) is 13.8. The minimum absolute atomic E-state index is 0.0504. The van der Waals surface area contributed by atoms with Gasteiger partial charge >= 0.3 is 10.2 Å². The Morgan fingerprint density at radius 2 is 1.76 bits per heavy atom. The van der Waals surface area contributed by atoms with Gasteiger partial charge in [-0.3, -0.25) is 0 Å². The summed E-state index contributed by atoms with van der Waals surface area (Å²) in [6, 6.07) is 0.0647. The molecule has 1 aromatic heterocycles. The molecule has 3 N–H and O–H groups in total. The van der Waals surface area contributed by atoms with Gasteiger partial charge in [-0.2, -0.15) is 0 Å². The van der Waals surface area contributed by atoms with Crippen LogP contribution in [0.2, 0.25) is 0 Å². The Labute approximate surface area is 94.9 Å². The molecule has 3 nitrogen and oxygen atoms in total. The van der Waals surface area contributed by atoms with Crippen molar-refractivity contribution >= 4 is 21.7 Å². The molecule has 0 unspecified atom stereocenters. The molecule has 0 fully saturated rings. The summed E-state index contributed by atoms with van der Waals surface area (Å²) in [6.07, 6.45) is 0.0859. The van der Waals surface area contributed by atoms with Gasteiger partial charge in [-0.25, -0.2) is 4.98 Å². The topological polar surface area (TPSA) is 50.9 Å². The fourth-order valence-corrected chi connectivity index (χ4v) is 1.67. The first-order chi connectivity index (χ1) is 7.29. The smallest absolute Gasteiger partial charge is 0.311 e. The first-order valence-electron chi connectivity index (χ1n) is 4.56. The van der Waals surface area contributed by atoms with Gasteiger partial charge in [0.25, 0.3) is 0 Å². The molecule has 0 aliphatic heterocycles. The Morgan fingerprint density at radius 3 is 2.12 bits per heavy atom. The molecule has 9 heteroatoms. The van der Waals surface area contributed by atoms with E-state index in [1.165, 1.54) is 0 Å². The van der Waals surface area contributed by atoms with Gasteiger partial charge in [0, 0.05) is 6.04 Å². The van der Waals surface area contributed by atoms with Crippen molar-refractivity contribution in [1.82, 2.24) is 4.98 Å². The number of nitrogen functional groups attached to an aromatic ring is 1. The average Bonchev–Trinajstić information content (AvgIpc) is 2.03. The maximum atomic E-state index is 12.4. The highest BCUT2D eigenvalue weighted by Crippen LogP contribution is 3.02. The Morgan fingerprint density at radius 1 is 1.24 bits per heavy atom. The van der Waals surface area contributed by atoms with Crippen molar-refractivity contribution in [3.8, 4) is 0 Å². The van der Waals surface area contributed by atoms with Crippen LogP contribution in [0.15, 0.2) is 17.2 Å². The molecule has 0 aromatic carbocycles. The van der Waals surface area contributed by atoms with E-state index in [2.05, 4.69) is 10.3 Å². The number of rotatable bonds is 3. The molecule has 0 radical (unpaired) electrons. The zero-order chi connectivity index (χ0) is 13.5. The van der Waals surface area contributed by atoms with Gasteiger partial charge in [-0.1, -0.05) is 19.4 Å². The first-order valence-corrected chi connectivity index (χ1v) is 6.51. The molecule has 17 heavy (non-hydrogen) atoms. The second-order valence-corrected chi connectivity index (χ2v) is 6.29. The molecule has 0 spiro atoms. The third-order valence-corrected chi connectivity index (χ3v) is 2.88. The van der Waals surface area contributed by atoms with E-state index >= 15 is 0 Å². The lowest BCUT2D eigenvalue weighted by molar-refractivity contribution is 0.363. The highest BCUT2D eigenvalue weighted by molar-refractivity contribution is 8.45. The van der Waals surface area contributed by atoms with E-state index < -0.39 is 20.8 Å². The largest absolute Gasteiger partial charge is 0.396 e. The summed E-state index contributed by atoms with van der Waals surface area (Å²) < 4.78 is 62.0. The number of aromatic nitrogens is 1. The quantitative estimate of drug-likeness (QED) is 0.816. The van der Waals surface area contributed by atoms with Gasteiger partial charge < -0.3 is 11.1 Å². The standard InChI is InChI=1S/C8H12F5N3S/c1-5(2)16-8-7(14)3-6(4-15-8)17(9,10,11,12)13/h3-5H,14H2,1-2H3,(H,15,16). The monoisotopic (exact) mass is 277 g/mol.